The molecule has 0 spiro atoms. The van der Waals surface area contributed by atoms with Crippen LogP contribution in [0.5, 0.6) is 5.75 Å². The largest absolute Gasteiger partial charge is 0.508 e. The van der Waals surface area contributed by atoms with E-state index in [0.717, 1.165) is 12.1 Å². The van der Waals surface area contributed by atoms with Crippen LogP contribution in [0.4, 0.5) is 11.4 Å². The molecule has 2 aliphatic rings. The summed E-state index contributed by atoms with van der Waals surface area (Å²) in [5.41, 5.74) is 4.93. The van der Waals surface area contributed by atoms with E-state index in [1.54, 1.807) is 6.07 Å². The first kappa shape index (κ1) is 11.4. The molecule has 0 saturated heterocycles. The highest BCUT2D eigenvalue weighted by Crippen LogP contribution is 2.47. The second-order valence-electron chi connectivity index (χ2n) is 5.21. The molecule has 1 unspecified atom stereocenters. The van der Waals surface area contributed by atoms with E-state index in [4.69, 9.17) is 0 Å². The van der Waals surface area contributed by atoms with E-state index < -0.39 is 0 Å². The zero-order valence-electron chi connectivity index (χ0n) is 11.0. The minimum atomic E-state index is 0.309. The van der Waals surface area contributed by atoms with E-state index >= 15 is 0 Å². The van der Waals surface area contributed by atoms with Gasteiger partial charge < -0.3 is 10.0 Å². The molecule has 20 heavy (non-hydrogen) atoms. The Morgan fingerprint density at radius 3 is 2.85 bits per heavy atom. The van der Waals surface area contributed by atoms with Crippen molar-refractivity contribution in [3.63, 3.8) is 0 Å². The topological polar surface area (TPSA) is 23.5 Å². The van der Waals surface area contributed by atoms with Gasteiger partial charge in [-0.05, 0) is 30.2 Å². The Balaban J connectivity index is 1.92. The fourth-order valence-corrected chi connectivity index (χ4v) is 3.19. The molecule has 0 aromatic heterocycles. The number of aromatic hydroxyl groups is 1. The Kier molecular flexibility index (Phi) is 2.43. The predicted molar refractivity (Wildman–Crippen MR) is 82.2 cm³/mol. The highest BCUT2D eigenvalue weighted by Gasteiger charge is 2.34. The molecule has 98 valence electrons. The van der Waals surface area contributed by atoms with Gasteiger partial charge in [0, 0.05) is 23.0 Å². The van der Waals surface area contributed by atoms with Gasteiger partial charge in [0.15, 0.2) is 0 Å². The molecule has 1 aliphatic carbocycles. The Labute approximate surface area is 118 Å². The van der Waals surface area contributed by atoms with E-state index in [2.05, 4.69) is 53.5 Å². The summed E-state index contributed by atoms with van der Waals surface area (Å²) >= 11 is 0. The number of rotatable bonds is 1. The molecule has 0 amide bonds. The smallest absolute Gasteiger partial charge is 0.117 e. The number of anilines is 2. The van der Waals surface area contributed by atoms with Crippen molar-refractivity contribution in [2.45, 2.75) is 12.5 Å². The molecule has 0 bridgehead atoms. The number of benzene rings is 2. The van der Waals surface area contributed by atoms with Gasteiger partial charge in [-0.15, -0.1) is 0 Å². The van der Waals surface area contributed by atoms with Gasteiger partial charge in [-0.2, -0.15) is 0 Å². The molecule has 0 saturated carbocycles. The van der Waals surface area contributed by atoms with E-state index in [1.165, 1.54) is 16.8 Å². The maximum atomic E-state index is 9.76. The highest BCUT2D eigenvalue weighted by molar-refractivity contribution is 5.93. The van der Waals surface area contributed by atoms with E-state index in [1.807, 2.05) is 12.1 Å². The van der Waals surface area contributed by atoms with Crippen LogP contribution in [0.25, 0.3) is 5.57 Å². The van der Waals surface area contributed by atoms with Crippen molar-refractivity contribution in [1.29, 1.82) is 0 Å². The molecule has 1 N–H and O–H groups in total. The van der Waals surface area contributed by atoms with Crippen LogP contribution < -0.4 is 4.90 Å². The van der Waals surface area contributed by atoms with Gasteiger partial charge in [0.25, 0.3) is 0 Å². The van der Waals surface area contributed by atoms with Crippen molar-refractivity contribution in [3.8, 4) is 5.75 Å². The van der Waals surface area contributed by atoms with Gasteiger partial charge in [0.1, 0.15) is 5.75 Å². The average Bonchev–Trinajstić information content (AvgIpc) is 2.82. The average molecular weight is 261 g/mol. The van der Waals surface area contributed by atoms with Gasteiger partial charge in [0.2, 0.25) is 0 Å². The number of fused-ring (bicyclic) bond motifs is 3. The van der Waals surface area contributed by atoms with E-state index in [0.29, 0.717) is 11.8 Å². The van der Waals surface area contributed by atoms with Gasteiger partial charge in [0.05, 0.1) is 6.04 Å². The van der Waals surface area contributed by atoms with Crippen molar-refractivity contribution >= 4 is 16.9 Å². The fourth-order valence-electron chi connectivity index (χ4n) is 3.19. The van der Waals surface area contributed by atoms with Crippen LogP contribution in [-0.2, 0) is 0 Å². The molecule has 0 fully saturated rings. The summed E-state index contributed by atoms with van der Waals surface area (Å²) in [4.78, 5) is 2.32. The standard InChI is InChI=1S/C18H15NO/c20-14-7-5-6-13(12-14)19-17-10-3-1-8-15(17)16-9-2-4-11-18(16)19/h1-10,12,18,20H,11H2. The first-order valence-corrected chi connectivity index (χ1v) is 6.89. The van der Waals surface area contributed by atoms with Crippen LogP contribution >= 0.6 is 0 Å². The molecule has 1 atom stereocenters. The zero-order valence-corrected chi connectivity index (χ0v) is 11.0. The summed E-state index contributed by atoms with van der Waals surface area (Å²) in [6.45, 7) is 0. The Bertz CT molecular complexity index is 730. The quantitative estimate of drug-likeness (QED) is 0.829. The lowest BCUT2D eigenvalue weighted by molar-refractivity contribution is 0.475. The van der Waals surface area contributed by atoms with E-state index in [9.17, 15) is 5.11 Å². The van der Waals surface area contributed by atoms with Crippen molar-refractivity contribution in [1.82, 2.24) is 0 Å². The van der Waals surface area contributed by atoms with Crippen molar-refractivity contribution < 1.29 is 5.11 Å². The number of hydrogen-bond donors (Lipinski definition) is 1. The van der Waals surface area contributed by atoms with Crippen LogP contribution in [-0.4, -0.2) is 11.1 Å². The fraction of sp³-hybridized carbons (Fsp3) is 0.111. The maximum absolute atomic E-state index is 9.76. The summed E-state index contributed by atoms with van der Waals surface area (Å²) in [6.07, 6.45) is 7.54. The molecular weight excluding hydrogens is 246 g/mol. The van der Waals surface area contributed by atoms with Crippen molar-refractivity contribution in [2.24, 2.45) is 0 Å². The number of allylic oxidation sites excluding steroid dienone is 2. The predicted octanol–water partition coefficient (Wildman–Crippen LogP) is 4.26. The molecule has 1 heterocycles. The monoisotopic (exact) mass is 261 g/mol. The number of phenolic OH excluding ortho intramolecular Hbond substituents is 1. The summed E-state index contributed by atoms with van der Waals surface area (Å²) in [6, 6.07) is 16.3. The zero-order chi connectivity index (χ0) is 13.5. The summed E-state index contributed by atoms with van der Waals surface area (Å²) in [5, 5.41) is 9.76. The van der Waals surface area contributed by atoms with Gasteiger partial charge >= 0.3 is 0 Å². The van der Waals surface area contributed by atoms with Crippen LogP contribution in [0.15, 0.2) is 66.8 Å². The van der Waals surface area contributed by atoms with Crippen LogP contribution in [0, 0.1) is 0 Å². The van der Waals surface area contributed by atoms with Crippen LogP contribution in [0.3, 0.4) is 0 Å². The highest BCUT2D eigenvalue weighted by atomic mass is 16.3. The van der Waals surface area contributed by atoms with Crippen LogP contribution in [0.2, 0.25) is 0 Å². The minimum absolute atomic E-state index is 0.309. The van der Waals surface area contributed by atoms with Gasteiger partial charge in [-0.25, -0.2) is 0 Å². The lowest BCUT2D eigenvalue weighted by Crippen LogP contribution is -2.26. The third-order valence-electron chi connectivity index (χ3n) is 4.02. The molecule has 1 aliphatic heterocycles. The first-order valence-electron chi connectivity index (χ1n) is 6.89. The summed E-state index contributed by atoms with van der Waals surface area (Å²) in [5.74, 6) is 0.309. The lowest BCUT2D eigenvalue weighted by Gasteiger charge is -2.28. The molecule has 4 rings (SSSR count). The molecule has 2 aromatic rings. The number of phenols is 1. The van der Waals surface area contributed by atoms with Crippen molar-refractivity contribution in [2.75, 3.05) is 4.90 Å². The SMILES string of the molecule is Oc1cccc(N2c3ccccc3C3=CC=CCC32)c1. The normalized spacial score (nSPS) is 19.5. The molecular formula is C18H15NO. The Morgan fingerprint density at radius 1 is 1.05 bits per heavy atom. The van der Waals surface area contributed by atoms with E-state index in [-0.39, 0.29) is 0 Å². The third-order valence-corrected chi connectivity index (χ3v) is 4.02. The second kappa shape index (κ2) is 4.27. The Hall–Kier alpha value is -2.48. The first-order chi connectivity index (χ1) is 9.84. The van der Waals surface area contributed by atoms with Gasteiger partial charge in [-0.1, -0.05) is 42.5 Å². The number of para-hydroxylation sites is 1. The van der Waals surface area contributed by atoms with Gasteiger partial charge in [-0.3, -0.25) is 0 Å². The molecule has 2 nitrogen and oxygen atoms in total. The van der Waals surface area contributed by atoms with Crippen molar-refractivity contribution in [3.05, 3.63) is 72.3 Å². The maximum Gasteiger partial charge on any atom is 0.117 e. The number of nitrogens with zero attached hydrogens (tertiary/aromatic N) is 1. The third kappa shape index (κ3) is 1.58. The second-order valence-corrected chi connectivity index (χ2v) is 5.21. The summed E-state index contributed by atoms with van der Waals surface area (Å²) < 4.78 is 0. The number of hydrogen-bond acceptors (Lipinski definition) is 2. The molecule has 2 aromatic carbocycles. The minimum Gasteiger partial charge on any atom is -0.508 e. The molecule has 0 radical (unpaired) electrons. The Morgan fingerprint density at radius 2 is 1.95 bits per heavy atom. The summed E-state index contributed by atoms with van der Waals surface area (Å²) in [7, 11) is 0. The lowest BCUT2D eigenvalue weighted by atomic mass is 9.96. The van der Waals surface area contributed by atoms with Crippen LogP contribution in [0.1, 0.15) is 12.0 Å². The molecule has 2 heteroatoms.